The summed E-state index contributed by atoms with van der Waals surface area (Å²) in [5.41, 5.74) is 4.29. The molecule has 0 amide bonds. The summed E-state index contributed by atoms with van der Waals surface area (Å²) in [7, 11) is -1.22. The Bertz CT molecular complexity index is 1070. The normalized spacial score (nSPS) is 14.4. The molecule has 2 unspecified atom stereocenters. The minimum absolute atomic E-state index is 0.234. The molecule has 2 heteroatoms. The molecule has 0 N–H and O–H groups in total. The molecule has 0 saturated carbocycles. The van der Waals surface area contributed by atoms with Crippen LogP contribution in [-0.2, 0) is 10.8 Å². The molecule has 0 bridgehead atoms. The van der Waals surface area contributed by atoms with Crippen LogP contribution in [0.1, 0.15) is 32.8 Å². The summed E-state index contributed by atoms with van der Waals surface area (Å²) in [6.07, 6.45) is 8.29. The number of hydrogen-bond acceptors (Lipinski definition) is 1. The molecule has 0 aliphatic carbocycles. The first-order chi connectivity index (χ1) is 15.8. The number of rotatable bonds is 8. The van der Waals surface area contributed by atoms with E-state index in [1.807, 2.05) is 72.8 Å². The molecule has 0 aliphatic rings. The Labute approximate surface area is 193 Å². The van der Waals surface area contributed by atoms with E-state index in [4.69, 9.17) is 0 Å². The van der Waals surface area contributed by atoms with Crippen molar-refractivity contribution >= 4 is 23.0 Å². The van der Waals surface area contributed by atoms with Gasteiger partial charge in [-0.15, -0.1) is 0 Å². The van der Waals surface area contributed by atoms with Gasteiger partial charge in [-0.05, 0) is 22.3 Å². The highest BCUT2D eigenvalue weighted by Crippen LogP contribution is 2.33. The lowest BCUT2D eigenvalue weighted by atomic mass is 10.1. The van der Waals surface area contributed by atoms with Crippen LogP contribution in [0.3, 0.4) is 0 Å². The fourth-order valence-corrected chi connectivity index (χ4v) is 5.25. The molecule has 4 aromatic rings. The van der Waals surface area contributed by atoms with Crippen molar-refractivity contribution in [2.75, 3.05) is 0 Å². The summed E-state index contributed by atoms with van der Waals surface area (Å²) in [5, 5.41) is -0.468. The lowest BCUT2D eigenvalue weighted by Gasteiger charge is -2.20. The SMILES string of the molecule is O=S(C(C=Cc1ccccc1)c1ccccc1)C(C=Cc1ccccc1)c1ccccc1. The second-order valence-corrected chi connectivity index (χ2v) is 9.20. The third-order valence-electron chi connectivity index (χ3n) is 5.28. The van der Waals surface area contributed by atoms with Crippen molar-refractivity contribution in [1.29, 1.82) is 0 Å². The van der Waals surface area contributed by atoms with Crippen LogP contribution in [-0.4, -0.2) is 4.21 Å². The lowest BCUT2D eigenvalue weighted by molar-refractivity contribution is 0.675. The first-order valence-electron chi connectivity index (χ1n) is 10.8. The Morgan fingerprint density at radius 2 is 0.781 bits per heavy atom. The van der Waals surface area contributed by atoms with E-state index in [9.17, 15) is 4.21 Å². The van der Waals surface area contributed by atoms with Crippen LogP contribution < -0.4 is 0 Å². The topological polar surface area (TPSA) is 17.1 Å². The first kappa shape index (κ1) is 21.7. The Kier molecular flexibility index (Phi) is 7.62. The van der Waals surface area contributed by atoms with E-state index >= 15 is 0 Å². The van der Waals surface area contributed by atoms with Gasteiger partial charge < -0.3 is 0 Å². The summed E-state index contributed by atoms with van der Waals surface area (Å²) >= 11 is 0. The van der Waals surface area contributed by atoms with E-state index in [0.29, 0.717) is 0 Å². The van der Waals surface area contributed by atoms with Crippen molar-refractivity contribution in [1.82, 2.24) is 0 Å². The zero-order valence-electron chi connectivity index (χ0n) is 17.8. The van der Waals surface area contributed by atoms with Gasteiger partial charge in [0, 0.05) is 10.8 Å². The lowest BCUT2D eigenvalue weighted by Crippen LogP contribution is -2.12. The average molecular weight is 435 g/mol. The van der Waals surface area contributed by atoms with Gasteiger partial charge in [-0.3, -0.25) is 4.21 Å². The third-order valence-corrected chi connectivity index (χ3v) is 7.14. The van der Waals surface area contributed by atoms with E-state index in [1.165, 1.54) is 0 Å². The molecular formula is C30H26OS. The van der Waals surface area contributed by atoms with E-state index in [0.717, 1.165) is 22.3 Å². The minimum Gasteiger partial charge on any atom is -0.258 e. The van der Waals surface area contributed by atoms with Crippen LogP contribution in [0.5, 0.6) is 0 Å². The molecule has 0 aromatic heterocycles. The van der Waals surface area contributed by atoms with Gasteiger partial charge >= 0.3 is 0 Å². The van der Waals surface area contributed by atoms with Crippen LogP contribution in [0.4, 0.5) is 0 Å². The summed E-state index contributed by atoms with van der Waals surface area (Å²) in [6.45, 7) is 0. The fraction of sp³-hybridized carbons (Fsp3) is 0.0667. The molecule has 4 aromatic carbocycles. The number of benzene rings is 4. The van der Waals surface area contributed by atoms with Gasteiger partial charge in [-0.2, -0.15) is 0 Å². The standard InChI is InChI=1S/C30H26OS/c31-32(29(27-17-9-3-10-18-27)23-21-25-13-5-1-6-14-25)30(28-19-11-4-12-20-28)24-22-26-15-7-2-8-16-26/h1-24,29-30H. The van der Waals surface area contributed by atoms with Gasteiger partial charge in [-0.1, -0.05) is 146 Å². The number of hydrogen-bond donors (Lipinski definition) is 0. The summed E-state index contributed by atoms with van der Waals surface area (Å²) in [4.78, 5) is 0. The smallest absolute Gasteiger partial charge is 0.0790 e. The molecule has 4 rings (SSSR count). The molecule has 32 heavy (non-hydrogen) atoms. The maximum atomic E-state index is 14.1. The van der Waals surface area contributed by atoms with Crippen molar-refractivity contribution < 1.29 is 4.21 Å². The van der Waals surface area contributed by atoms with Crippen molar-refractivity contribution in [2.24, 2.45) is 0 Å². The molecule has 0 spiro atoms. The Morgan fingerprint density at radius 1 is 0.469 bits per heavy atom. The molecule has 0 aliphatic heterocycles. The summed E-state index contributed by atoms with van der Waals surface area (Å²) < 4.78 is 14.1. The largest absolute Gasteiger partial charge is 0.258 e. The van der Waals surface area contributed by atoms with Gasteiger partial charge in [0.2, 0.25) is 0 Å². The van der Waals surface area contributed by atoms with Gasteiger partial charge in [-0.25, -0.2) is 0 Å². The molecule has 0 heterocycles. The summed E-state index contributed by atoms with van der Waals surface area (Å²) in [5.74, 6) is 0. The monoisotopic (exact) mass is 434 g/mol. The van der Waals surface area contributed by atoms with E-state index < -0.39 is 10.8 Å². The molecule has 158 valence electrons. The predicted molar refractivity (Wildman–Crippen MR) is 137 cm³/mol. The molecule has 0 saturated heterocycles. The van der Waals surface area contributed by atoms with Crippen LogP contribution in [0.2, 0.25) is 0 Å². The van der Waals surface area contributed by atoms with Gasteiger partial charge in [0.25, 0.3) is 0 Å². The van der Waals surface area contributed by atoms with Crippen LogP contribution >= 0.6 is 0 Å². The molecule has 1 nitrogen and oxygen atoms in total. The molecule has 0 radical (unpaired) electrons. The first-order valence-corrected chi connectivity index (χ1v) is 12.0. The van der Waals surface area contributed by atoms with Gasteiger partial charge in [0.05, 0.1) is 10.5 Å². The highest BCUT2D eigenvalue weighted by Gasteiger charge is 2.24. The Hall–Kier alpha value is -3.49. The highest BCUT2D eigenvalue weighted by atomic mass is 32.2. The maximum absolute atomic E-state index is 14.1. The van der Waals surface area contributed by atoms with E-state index in [2.05, 4.69) is 72.8 Å². The van der Waals surface area contributed by atoms with Gasteiger partial charge in [0.15, 0.2) is 0 Å². The van der Waals surface area contributed by atoms with Crippen LogP contribution in [0, 0.1) is 0 Å². The molecule has 0 fully saturated rings. The zero-order valence-corrected chi connectivity index (χ0v) is 18.6. The van der Waals surface area contributed by atoms with E-state index in [-0.39, 0.29) is 10.5 Å². The summed E-state index contributed by atoms with van der Waals surface area (Å²) in [6, 6.07) is 40.6. The fourth-order valence-electron chi connectivity index (χ4n) is 3.61. The second-order valence-electron chi connectivity index (χ2n) is 7.53. The van der Waals surface area contributed by atoms with Crippen LogP contribution in [0.25, 0.3) is 12.2 Å². The minimum atomic E-state index is -1.22. The molecule has 2 atom stereocenters. The van der Waals surface area contributed by atoms with Crippen molar-refractivity contribution in [3.05, 3.63) is 156 Å². The quantitative estimate of drug-likeness (QED) is 0.278. The second kappa shape index (κ2) is 11.2. The van der Waals surface area contributed by atoms with E-state index in [1.54, 1.807) is 0 Å². The Morgan fingerprint density at radius 3 is 1.12 bits per heavy atom. The van der Waals surface area contributed by atoms with Gasteiger partial charge in [0.1, 0.15) is 0 Å². The maximum Gasteiger partial charge on any atom is 0.0790 e. The van der Waals surface area contributed by atoms with Crippen molar-refractivity contribution in [3.8, 4) is 0 Å². The average Bonchev–Trinajstić information content (AvgIpc) is 2.87. The van der Waals surface area contributed by atoms with Crippen molar-refractivity contribution in [3.63, 3.8) is 0 Å². The predicted octanol–water partition coefficient (Wildman–Crippen LogP) is 7.64. The third kappa shape index (κ3) is 5.81. The van der Waals surface area contributed by atoms with Crippen LogP contribution in [0.15, 0.2) is 133 Å². The molecular weight excluding hydrogens is 408 g/mol. The van der Waals surface area contributed by atoms with Crippen molar-refractivity contribution in [2.45, 2.75) is 10.5 Å². The highest BCUT2D eigenvalue weighted by molar-refractivity contribution is 7.85. The zero-order chi connectivity index (χ0) is 22.0. The Balaban J connectivity index is 1.72.